The minimum absolute atomic E-state index is 0. The second-order valence-corrected chi connectivity index (χ2v) is 9.84. The van der Waals surface area contributed by atoms with Gasteiger partial charge in [-0.3, -0.25) is 0 Å². The van der Waals surface area contributed by atoms with Crippen molar-refractivity contribution in [1.82, 2.24) is 0 Å². The van der Waals surface area contributed by atoms with Crippen LogP contribution < -0.4 is 34.7 Å². The van der Waals surface area contributed by atoms with Crippen molar-refractivity contribution in [2.45, 2.75) is 10.9 Å². The van der Waals surface area contributed by atoms with Crippen molar-refractivity contribution >= 4 is 31.4 Å². The van der Waals surface area contributed by atoms with Crippen molar-refractivity contribution in [1.29, 1.82) is 0 Å². The maximum atomic E-state index is 10.3. The predicted molar refractivity (Wildman–Crippen MR) is 123 cm³/mol. The van der Waals surface area contributed by atoms with Crippen LogP contribution in [0.2, 0.25) is 3.93 Å². The smallest absolute Gasteiger partial charge is 0.545 e. The fraction of sp³-hybridized carbons (Fsp3) is 0.0870. The number of aromatic carboxylic acids is 3. The zero-order valence-corrected chi connectivity index (χ0v) is 27.7. The van der Waals surface area contributed by atoms with Gasteiger partial charge in [-0.25, -0.2) is 9.59 Å². The summed E-state index contributed by atoms with van der Waals surface area (Å²) in [6, 6.07) is 17.3. The largest absolute Gasteiger partial charge is 1.00 e. The van der Waals surface area contributed by atoms with Gasteiger partial charge in [-0.2, -0.15) is 13.5 Å². The molecule has 5 N–H and O–H groups in total. The Kier molecular flexibility index (Phi) is 22.5. The molecule has 0 heterocycles. The monoisotopic (exact) mass is 701 g/mol. The van der Waals surface area contributed by atoms with Crippen LogP contribution in [0, 0.1) is 0 Å². The van der Waals surface area contributed by atoms with Crippen LogP contribution in [0.4, 0.5) is 0 Å². The second-order valence-electron chi connectivity index (χ2n) is 5.95. The molecule has 0 unspecified atom stereocenters. The zero-order valence-electron chi connectivity index (χ0n) is 19.2. The molecule has 3 rings (SSSR count). The first-order valence-electron chi connectivity index (χ1n) is 9.37. The van der Waals surface area contributed by atoms with Crippen LogP contribution in [0.3, 0.4) is 0 Å². The molecule has 0 atom stereocenters. The van der Waals surface area contributed by atoms with Crippen LogP contribution in [0.1, 0.15) is 38.0 Å². The fourth-order valence-electron chi connectivity index (χ4n) is 1.96. The Hall–Kier alpha value is -2.24. The molecule has 0 saturated carbocycles. The van der Waals surface area contributed by atoms with Gasteiger partial charge in [0.25, 0.3) is 0 Å². The number of carbonyl (C=O) groups is 3. The summed E-state index contributed by atoms with van der Waals surface area (Å²) in [7, 11) is 0. The average molecular weight is 700 g/mol. The van der Waals surface area contributed by atoms with Gasteiger partial charge in [0.2, 0.25) is 0 Å². The van der Waals surface area contributed by atoms with E-state index in [0.717, 1.165) is 26.1 Å². The van der Waals surface area contributed by atoms with Crippen LogP contribution in [0.15, 0.2) is 72.8 Å². The van der Waals surface area contributed by atoms with E-state index >= 15 is 0 Å². The molecule has 0 amide bonds. The van der Waals surface area contributed by atoms with Crippen molar-refractivity contribution in [3.05, 3.63) is 89.5 Å². The standard InChI is InChI=1S/3C7H6O3.C2H5.Hg.Na.H2S/c3*8-6-4-2-1-3-5(6)7(9)10;1-2;;;/h3*1-4,8H,(H,9,10);1H2,2H3;;;1H2/q;;;;;+1;/p-1. The van der Waals surface area contributed by atoms with E-state index < -0.39 is 17.9 Å². The zero-order chi connectivity index (χ0) is 25.4. The van der Waals surface area contributed by atoms with Crippen LogP contribution in [-0.2, 0) is 26.1 Å². The summed E-state index contributed by atoms with van der Waals surface area (Å²) in [5.41, 5.74) is -0.312. The second kappa shape index (κ2) is 21.1. The Labute approximate surface area is 247 Å². The molecular weight excluding hydrogens is 676 g/mol. The summed E-state index contributed by atoms with van der Waals surface area (Å²) in [5.74, 6) is -4.25. The van der Waals surface area contributed by atoms with Gasteiger partial charge in [0.15, 0.2) is 0 Å². The Balaban J connectivity index is -0.000000404. The topological polar surface area (TPSA) is 175 Å². The van der Waals surface area contributed by atoms with E-state index in [9.17, 15) is 19.5 Å². The minimum atomic E-state index is -1.36. The van der Waals surface area contributed by atoms with Gasteiger partial charge in [-0.05, 0) is 36.4 Å². The molecule has 35 heavy (non-hydrogen) atoms. The number of carboxylic acids is 3. The number of benzene rings is 3. The number of phenols is 3. The summed E-state index contributed by atoms with van der Waals surface area (Å²) in [5, 5.41) is 53.6. The summed E-state index contributed by atoms with van der Waals surface area (Å²) in [6.45, 7) is 2.21. The summed E-state index contributed by atoms with van der Waals surface area (Å²) < 4.78 is 1.44. The van der Waals surface area contributed by atoms with Gasteiger partial charge in [-0.1, -0.05) is 36.4 Å². The molecule has 0 fully saturated rings. The van der Waals surface area contributed by atoms with E-state index in [2.05, 4.69) is 6.92 Å². The SMILES string of the molecule is C[CH2][Hg].O=C(O)c1ccccc1O.O=C(O)c1ccccc1O.O=C([O-])c1ccccc1O.S.[Na+]. The van der Waals surface area contributed by atoms with Gasteiger partial charge in [0.05, 0.1) is 5.97 Å². The minimum Gasteiger partial charge on any atom is -0.545 e. The first kappa shape index (κ1) is 37.3. The third kappa shape index (κ3) is 15.4. The first-order chi connectivity index (χ1) is 15.6. The Bertz CT molecular complexity index is 932. The summed E-state index contributed by atoms with van der Waals surface area (Å²) in [4.78, 5) is 30.7. The molecule has 0 aliphatic carbocycles. The maximum absolute atomic E-state index is 10.3. The van der Waals surface area contributed by atoms with Gasteiger partial charge in [0.1, 0.15) is 28.4 Å². The average Bonchev–Trinajstić information content (AvgIpc) is 2.75. The van der Waals surface area contributed by atoms with Crippen LogP contribution in [0.25, 0.3) is 0 Å². The molecule has 0 aromatic heterocycles. The molecule has 0 radical (unpaired) electrons. The Morgan fingerprint density at radius 2 is 0.914 bits per heavy atom. The molecule has 0 aliphatic heterocycles. The molecule has 0 bridgehead atoms. The van der Waals surface area contributed by atoms with Gasteiger partial charge < -0.3 is 35.4 Å². The molecule has 9 nitrogen and oxygen atoms in total. The van der Waals surface area contributed by atoms with Crippen LogP contribution >= 0.6 is 13.5 Å². The fourth-order valence-corrected chi connectivity index (χ4v) is 1.96. The number of carbonyl (C=O) groups excluding carboxylic acids is 1. The van der Waals surface area contributed by atoms with Crippen molar-refractivity contribution in [2.75, 3.05) is 0 Å². The number of aromatic hydroxyl groups is 3. The molecule has 3 aromatic carbocycles. The number of carboxylic acid groups (broad SMARTS) is 3. The normalized spacial score (nSPS) is 8.43. The quantitative estimate of drug-likeness (QED) is 0.236. The predicted octanol–water partition coefficient (Wildman–Crippen LogP) is 0.0247. The van der Waals surface area contributed by atoms with E-state index in [0.29, 0.717) is 0 Å². The number of hydrogen-bond donors (Lipinski definition) is 5. The Morgan fingerprint density at radius 1 is 0.686 bits per heavy atom. The van der Waals surface area contributed by atoms with Crippen molar-refractivity contribution in [2.24, 2.45) is 0 Å². The van der Waals surface area contributed by atoms with Crippen LogP contribution in [-0.4, -0.2) is 43.4 Å². The Morgan fingerprint density at radius 3 is 1.06 bits per heavy atom. The number of para-hydroxylation sites is 3. The third-order valence-corrected chi connectivity index (χ3v) is 3.39. The first-order valence-corrected chi connectivity index (χ1v) is 13.3. The van der Waals surface area contributed by atoms with Crippen LogP contribution in [0.5, 0.6) is 17.2 Å². The summed E-state index contributed by atoms with van der Waals surface area (Å²) in [6.07, 6.45) is 0. The van der Waals surface area contributed by atoms with Gasteiger partial charge in [-0.15, -0.1) is 0 Å². The molecule has 3 aromatic rings. The number of hydrogen-bond acceptors (Lipinski definition) is 7. The molecule has 12 heteroatoms. The van der Waals surface area contributed by atoms with Gasteiger partial charge in [0, 0.05) is 5.56 Å². The van der Waals surface area contributed by atoms with E-state index in [-0.39, 0.29) is 77.0 Å². The van der Waals surface area contributed by atoms with Crippen molar-refractivity contribution in [3.8, 4) is 17.2 Å². The van der Waals surface area contributed by atoms with Gasteiger partial charge >= 0.3 is 78.5 Å². The van der Waals surface area contributed by atoms with E-state index in [4.69, 9.17) is 25.5 Å². The number of rotatable bonds is 3. The maximum Gasteiger partial charge on any atom is 1.00 e. The molecule has 0 saturated heterocycles. The molecule has 0 aliphatic rings. The van der Waals surface area contributed by atoms with E-state index in [1.807, 2.05) is 0 Å². The third-order valence-electron chi connectivity index (χ3n) is 3.39. The van der Waals surface area contributed by atoms with E-state index in [1.54, 1.807) is 30.3 Å². The van der Waals surface area contributed by atoms with Crippen molar-refractivity contribution < 1.29 is 101 Å². The van der Waals surface area contributed by atoms with Crippen molar-refractivity contribution in [3.63, 3.8) is 0 Å². The molecule has 0 spiro atoms. The molecule has 179 valence electrons. The summed E-state index contributed by atoms with van der Waals surface area (Å²) >= 11 is 1.07. The van der Waals surface area contributed by atoms with E-state index in [1.165, 1.54) is 46.4 Å². The molecular formula is C23H24HgNaO9S.